The molecule has 0 amide bonds. The third-order valence-corrected chi connectivity index (χ3v) is 1.83. The maximum absolute atomic E-state index is 10.6. The summed E-state index contributed by atoms with van der Waals surface area (Å²) in [6.07, 6.45) is 0.0110. The molecule has 0 bridgehead atoms. The van der Waals surface area contributed by atoms with Gasteiger partial charge in [0, 0.05) is 6.20 Å². The Hall–Kier alpha value is -0.910. The minimum atomic E-state index is -1.17. The van der Waals surface area contributed by atoms with Gasteiger partial charge in [0.1, 0.15) is 6.10 Å². The molecule has 0 aromatic carbocycles. The maximum Gasteiger partial charge on any atom is 0.266 e. The Morgan fingerprint density at radius 3 is 2.77 bits per heavy atom. The largest absolute Gasteiger partial charge is 0.389 e. The van der Waals surface area contributed by atoms with Gasteiger partial charge in [0.2, 0.25) is 0 Å². The molecule has 0 saturated carbocycles. The predicted molar refractivity (Wildman–Crippen MR) is 46.5 cm³/mol. The third-order valence-electron chi connectivity index (χ3n) is 1.52. The summed E-state index contributed by atoms with van der Waals surface area (Å²) in [5, 5.41) is 18.5. The fourth-order valence-electron chi connectivity index (χ4n) is 0.796. The highest BCUT2D eigenvalue weighted by Crippen LogP contribution is 2.12. The lowest BCUT2D eigenvalue weighted by molar-refractivity contribution is 0.0297. The van der Waals surface area contributed by atoms with Crippen LogP contribution in [0.2, 0.25) is 0 Å². The van der Waals surface area contributed by atoms with Gasteiger partial charge in [-0.2, -0.15) is 0 Å². The molecule has 72 valence electrons. The van der Waals surface area contributed by atoms with Crippen molar-refractivity contribution in [2.24, 2.45) is 0 Å². The van der Waals surface area contributed by atoms with E-state index in [9.17, 15) is 9.90 Å². The molecule has 0 aliphatic rings. The van der Waals surface area contributed by atoms with E-state index in [-0.39, 0.29) is 17.1 Å². The quantitative estimate of drug-likeness (QED) is 0.574. The van der Waals surface area contributed by atoms with E-state index in [0.717, 1.165) is 6.20 Å². The number of H-pyrrole nitrogens is 1. The van der Waals surface area contributed by atoms with Crippen LogP contribution in [0.1, 0.15) is 11.8 Å². The molecule has 0 radical (unpaired) electrons. The van der Waals surface area contributed by atoms with Gasteiger partial charge in [-0.15, -0.1) is 11.6 Å². The van der Waals surface area contributed by atoms with Crippen molar-refractivity contribution >= 4 is 11.6 Å². The van der Waals surface area contributed by atoms with Crippen LogP contribution in [0.4, 0.5) is 0 Å². The zero-order chi connectivity index (χ0) is 9.84. The first-order valence-electron chi connectivity index (χ1n) is 3.62. The van der Waals surface area contributed by atoms with Gasteiger partial charge in [0.25, 0.3) is 5.56 Å². The van der Waals surface area contributed by atoms with Crippen LogP contribution in [0.25, 0.3) is 0 Å². The van der Waals surface area contributed by atoms with Crippen LogP contribution in [-0.2, 0) is 0 Å². The van der Waals surface area contributed by atoms with Gasteiger partial charge >= 0.3 is 0 Å². The van der Waals surface area contributed by atoms with E-state index in [1.54, 1.807) is 0 Å². The van der Waals surface area contributed by atoms with Crippen molar-refractivity contribution in [3.05, 3.63) is 28.4 Å². The van der Waals surface area contributed by atoms with E-state index >= 15 is 0 Å². The summed E-state index contributed by atoms with van der Waals surface area (Å²) in [7, 11) is 0. The number of aliphatic hydroxyl groups excluding tert-OH is 2. The van der Waals surface area contributed by atoms with E-state index < -0.39 is 12.2 Å². The van der Waals surface area contributed by atoms with Crippen LogP contribution < -0.4 is 5.56 Å². The van der Waals surface area contributed by atoms with Crippen LogP contribution in [-0.4, -0.2) is 32.2 Å². The molecule has 0 aliphatic carbocycles. The number of nitrogens with zero attached hydrogens (tertiary/aromatic N) is 1. The Bertz CT molecular complexity index is 307. The van der Waals surface area contributed by atoms with E-state index in [2.05, 4.69) is 9.97 Å². The third kappa shape index (κ3) is 2.51. The lowest BCUT2D eigenvalue weighted by Gasteiger charge is -2.13. The molecule has 6 heteroatoms. The minimum absolute atomic E-state index is 0.0953. The fraction of sp³-hybridized carbons (Fsp3) is 0.429. The van der Waals surface area contributed by atoms with Gasteiger partial charge in [-0.3, -0.25) is 9.78 Å². The van der Waals surface area contributed by atoms with Gasteiger partial charge < -0.3 is 15.2 Å². The Labute approximate surface area is 79.0 Å². The molecule has 1 heterocycles. The summed E-state index contributed by atoms with van der Waals surface area (Å²) >= 11 is 5.32. The van der Waals surface area contributed by atoms with Crippen LogP contribution in [0.15, 0.2) is 17.2 Å². The average molecular weight is 205 g/mol. The first-order chi connectivity index (χ1) is 6.15. The highest BCUT2D eigenvalue weighted by Gasteiger charge is 2.18. The number of hydrogen-bond acceptors (Lipinski definition) is 4. The number of alkyl halides is 1. The number of aliphatic hydroxyl groups is 2. The van der Waals surface area contributed by atoms with Crippen molar-refractivity contribution in [2.75, 3.05) is 5.88 Å². The van der Waals surface area contributed by atoms with E-state index in [4.69, 9.17) is 16.7 Å². The van der Waals surface area contributed by atoms with Gasteiger partial charge in [0.15, 0.2) is 0 Å². The number of nitrogens with one attached hydrogen (secondary N) is 1. The second kappa shape index (κ2) is 4.36. The van der Waals surface area contributed by atoms with Crippen LogP contribution in [0.5, 0.6) is 0 Å². The Morgan fingerprint density at radius 2 is 2.31 bits per heavy atom. The topological polar surface area (TPSA) is 86.2 Å². The molecule has 0 spiro atoms. The molecule has 0 aliphatic heterocycles. The molecule has 2 unspecified atom stereocenters. The van der Waals surface area contributed by atoms with E-state index in [0.29, 0.717) is 0 Å². The lowest BCUT2D eigenvalue weighted by atomic mass is 10.2. The summed E-state index contributed by atoms with van der Waals surface area (Å²) < 4.78 is 0. The molecular weight excluding hydrogens is 196 g/mol. The number of hydrogen-bond donors (Lipinski definition) is 3. The number of aromatic amines is 1. The summed E-state index contributed by atoms with van der Waals surface area (Å²) in [6, 6.07) is 0. The molecule has 0 saturated heterocycles. The second-order valence-corrected chi connectivity index (χ2v) is 2.81. The highest BCUT2D eigenvalue weighted by molar-refractivity contribution is 6.18. The first-order valence-corrected chi connectivity index (χ1v) is 4.15. The van der Waals surface area contributed by atoms with Gasteiger partial charge in [-0.05, 0) is 0 Å². The zero-order valence-electron chi connectivity index (χ0n) is 6.64. The molecule has 1 aromatic heterocycles. The van der Waals surface area contributed by atoms with Gasteiger partial charge in [-0.25, -0.2) is 0 Å². The van der Waals surface area contributed by atoms with Crippen molar-refractivity contribution in [2.45, 2.75) is 12.2 Å². The molecule has 3 N–H and O–H groups in total. The van der Waals surface area contributed by atoms with Crippen LogP contribution in [0, 0.1) is 0 Å². The first kappa shape index (κ1) is 10.2. The normalized spacial score (nSPS) is 15.3. The standard InChI is InChI=1S/C7H9ClN2O3/c8-1-5(11)7(13)4-2-10-6(12)3-9-4/h2-3,5,7,11,13H,1H2,(H,10,12). The van der Waals surface area contributed by atoms with Crippen LogP contribution in [0.3, 0.4) is 0 Å². The van der Waals surface area contributed by atoms with E-state index in [1.165, 1.54) is 6.20 Å². The smallest absolute Gasteiger partial charge is 0.266 e. The maximum atomic E-state index is 10.6. The fourth-order valence-corrected chi connectivity index (χ4v) is 0.965. The lowest BCUT2D eigenvalue weighted by Crippen LogP contribution is -2.22. The van der Waals surface area contributed by atoms with Crippen molar-refractivity contribution in [1.29, 1.82) is 0 Å². The van der Waals surface area contributed by atoms with Crippen molar-refractivity contribution in [1.82, 2.24) is 9.97 Å². The van der Waals surface area contributed by atoms with Gasteiger partial charge in [-0.1, -0.05) is 0 Å². The molecular formula is C7H9ClN2O3. The number of rotatable bonds is 3. The molecule has 13 heavy (non-hydrogen) atoms. The number of halogens is 1. The Morgan fingerprint density at radius 1 is 1.62 bits per heavy atom. The average Bonchev–Trinajstić information content (AvgIpc) is 2.17. The second-order valence-electron chi connectivity index (χ2n) is 2.50. The summed E-state index contributed by atoms with van der Waals surface area (Å²) in [5.74, 6) is -0.0953. The highest BCUT2D eigenvalue weighted by atomic mass is 35.5. The summed E-state index contributed by atoms with van der Waals surface area (Å²) in [5.41, 5.74) is -0.177. The number of aromatic nitrogens is 2. The minimum Gasteiger partial charge on any atom is -0.389 e. The van der Waals surface area contributed by atoms with Crippen molar-refractivity contribution in [3.8, 4) is 0 Å². The molecule has 1 rings (SSSR count). The molecule has 5 nitrogen and oxygen atoms in total. The molecule has 0 fully saturated rings. The molecule has 2 atom stereocenters. The predicted octanol–water partition coefficient (Wildman–Crippen LogP) is -0.597. The molecule has 1 aromatic rings. The SMILES string of the molecule is O=c1cnc(C(O)C(O)CCl)c[nH]1. The van der Waals surface area contributed by atoms with Crippen LogP contribution >= 0.6 is 11.6 Å². The van der Waals surface area contributed by atoms with Crippen molar-refractivity contribution < 1.29 is 10.2 Å². The summed E-state index contributed by atoms with van der Waals surface area (Å²) in [6.45, 7) is 0. The Balaban J connectivity index is 2.83. The zero-order valence-corrected chi connectivity index (χ0v) is 7.40. The summed E-state index contributed by atoms with van der Waals surface area (Å²) in [4.78, 5) is 16.6. The Kier molecular flexibility index (Phi) is 3.41. The van der Waals surface area contributed by atoms with Gasteiger partial charge in [0.05, 0.1) is 23.9 Å². The van der Waals surface area contributed by atoms with E-state index in [1.807, 2.05) is 0 Å². The van der Waals surface area contributed by atoms with Crippen molar-refractivity contribution in [3.63, 3.8) is 0 Å². The monoisotopic (exact) mass is 204 g/mol.